The minimum atomic E-state index is -0.538. The van der Waals surface area contributed by atoms with E-state index in [1.807, 2.05) is 6.20 Å². The maximum atomic E-state index is 11.9. The summed E-state index contributed by atoms with van der Waals surface area (Å²) < 4.78 is 11.6. The number of halogens is 2. The molecule has 1 aromatic carbocycles. The molecule has 1 aromatic heterocycles. The van der Waals surface area contributed by atoms with Gasteiger partial charge in [0.1, 0.15) is 11.3 Å². The topological polar surface area (TPSA) is 48.4 Å². The zero-order valence-corrected chi connectivity index (χ0v) is 15.3. The summed E-state index contributed by atoms with van der Waals surface area (Å²) in [5.74, 6) is 0.713. The van der Waals surface area contributed by atoms with Crippen LogP contribution < -0.4 is 4.74 Å². The van der Waals surface area contributed by atoms with Crippen LogP contribution in [-0.4, -0.2) is 18.1 Å². The summed E-state index contributed by atoms with van der Waals surface area (Å²) in [5.41, 5.74) is 1.29. The van der Waals surface area contributed by atoms with Crippen LogP contribution in [0.5, 0.6) is 11.5 Å². The Morgan fingerprint density at radius 1 is 1.27 bits per heavy atom. The molecule has 0 aliphatic rings. The van der Waals surface area contributed by atoms with Crippen LogP contribution in [0.15, 0.2) is 30.6 Å². The largest absolute Gasteiger partial charge is 0.465 e. The maximum absolute atomic E-state index is 11.9. The first kappa shape index (κ1) is 17.0. The number of benzene rings is 1. The molecule has 0 spiro atoms. The van der Waals surface area contributed by atoms with Gasteiger partial charge in [0.05, 0.1) is 21.9 Å². The van der Waals surface area contributed by atoms with Gasteiger partial charge in [-0.15, -0.1) is 0 Å². The molecular formula is C16H15ClINO3. The van der Waals surface area contributed by atoms with Gasteiger partial charge in [-0.1, -0.05) is 31.5 Å². The highest BCUT2D eigenvalue weighted by molar-refractivity contribution is 14.1. The van der Waals surface area contributed by atoms with E-state index in [0.717, 1.165) is 9.13 Å². The van der Waals surface area contributed by atoms with Crippen molar-refractivity contribution in [2.45, 2.75) is 19.8 Å². The average molecular weight is 432 g/mol. The van der Waals surface area contributed by atoms with E-state index in [1.165, 1.54) is 7.11 Å². The average Bonchev–Trinajstić information content (AvgIpc) is 2.48. The van der Waals surface area contributed by atoms with Gasteiger partial charge in [0.25, 0.3) is 0 Å². The highest BCUT2D eigenvalue weighted by Gasteiger charge is 2.19. The fourth-order valence-corrected chi connectivity index (χ4v) is 3.18. The Morgan fingerprint density at radius 2 is 2.00 bits per heavy atom. The van der Waals surface area contributed by atoms with E-state index < -0.39 is 5.97 Å². The molecule has 0 aliphatic carbocycles. The van der Waals surface area contributed by atoms with Crippen LogP contribution in [0.4, 0.5) is 0 Å². The lowest BCUT2D eigenvalue weighted by atomic mass is 10.1. The predicted molar refractivity (Wildman–Crippen MR) is 93.9 cm³/mol. The Hall–Kier alpha value is -1.34. The first-order chi connectivity index (χ1) is 10.5. The number of rotatable bonds is 4. The van der Waals surface area contributed by atoms with Gasteiger partial charge in [0, 0.05) is 6.20 Å². The van der Waals surface area contributed by atoms with E-state index in [2.05, 4.69) is 41.4 Å². The summed E-state index contributed by atoms with van der Waals surface area (Å²) in [6, 6.07) is 5.02. The molecule has 0 saturated carbocycles. The fraction of sp³-hybridized carbons (Fsp3) is 0.250. The molecule has 4 nitrogen and oxygen atoms in total. The molecule has 0 radical (unpaired) electrons. The van der Waals surface area contributed by atoms with Gasteiger partial charge < -0.3 is 9.47 Å². The van der Waals surface area contributed by atoms with Crippen molar-refractivity contribution in [3.63, 3.8) is 0 Å². The monoisotopic (exact) mass is 431 g/mol. The summed E-state index contributed by atoms with van der Waals surface area (Å²) >= 11 is 8.31. The Balaban J connectivity index is 2.46. The molecule has 22 heavy (non-hydrogen) atoms. The molecule has 2 aromatic rings. The number of hydrogen-bond acceptors (Lipinski definition) is 4. The summed E-state index contributed by atoms with van der Waals surface area (Å²) in [5, 5.41) is 0.285. The SMILES string of the molecule is COC(=O)c1c(Cl)cccc1Oc1cncc(C(C)C)c1I. The van der Waals surface area contributed by atoms with Crippen molar-refractivity contribution in [2.24, 2.45) is 0 Å². The van der Waals surface area contributed by atoms with Crippen molar-refractivity contribution in [3.8, 4) is 11.5 Å². The zero-order chi connectivity index (χ0) is 16.3. The Morgan fingerprint density at radius 3 is 2.64 bits per heavy atom. The molecule has 0 amide bonds. The molecule has 2 rings (SSSR count). The van der Waals surface area contributed by atoms with Crippen molar-refractivity contribution in [1.29, 1.82) is 0 Å². The third-order valence-electron chi connectivity index (χ3n) is 3.08. The number of methoxy groups -OCH3 is 1. The second-order valence-corrected chi connectivity index (χ2v) is 6.39. The molecule has 0 fully saturated rings. The van der Waals surface area contributed by atoms with Crippen molar-refractivity contribution in [3.05, 3.63) is 50.3 Å². The Labute approximate surface area is 147 Å². The minimum Gasteiger partial charge on any atom is -0.465 e. The van der Waals surface area contributed by atoms with E-state index in [-0.39, 0.29) is 10.6 Å². The molecule has 0 bridgehead atoms. The van der Waals surface area contributed by atoms with Gasteiger partial charge in [0.2, 0.25) is 0 Å². The van der Waals surface area contributed by atoms with E-state index in [9.17, 15) is 4.79 Å². The number of carbonyl (C=O) groups excluding carboxylic acids is 1. The second kappa shape index (κ2) is 7.28. The zero-order valence-electron chi connectivity index (χ0n) is 12.4. The number of carbonyl (C=O) groups is 1. The number of hydrogen-bond donors (Lipinski definition) is 0. The predicted octanol–water partition coefficient (Wildman–Crippen LogP) is 5.04. The molecule has 0 saturated heterocycles. The quantitative estimate of drug-likeness (QED) is 0.502. The van der Waals surface area contributed by atoms with E-state index in [0.29, 0.717) is 17.4 Å². The van der Waals surface area contributed by atoms with Crippen LogP contribution in [0.1, 0.15) is 35.7 Å². The van der Waals surface area contributed by atoms with E-state index >= 15 is 0 Å². The third kappa shape index (κ3) is 3.52. The van der Waals surface area contributed by atoms with Crippen molar-refractivity contribution < 1.29 is 14.3 Å². The first-order valence-electron chi connectivity index (χ1n) is 6.63. The van der Waals surface area contributed by atoms with Crippen LogP contribution in [0.25, 0.3) is 0 Å². The molecule has 6 heteroatoms. The van der Waals surface area contributed by atoms with Crippen LogP contribution in [0.3, 0.4) is 0 Å². The molecule has 0 N–H and O–H groups in total. The number of nitrogens with zero attached hydrogens (tertiary/aromatic N) is 1. The Bertz CT molecular complexity index is 704. The minimum absolute atomic E-state index is 0.206. The molecule has 1 heterocycles. The summed E-state index contributed by atoms with van der Waals surface area (Å²) in [6.45, 7) is 4.17. The number of esters is 1. The molecule has 0 aliphatic heterocycles. The van der Waals surface area contributed by atoms with E-state index in [4.69, 9.17) is 21.1 Å². The lowest BCUT2D eigenvalue weighted by Gasteiger charge is -2.15. The normalized spacial score (nSPS) is 10.6. The van der Waals surface area contributed by atoms with Gasteiger partial charge in [-0.3, -0.25) is 4.98 Å². The number of aromatic nitrogens is 1. The van der Waals surface area contributed by atoms with Crippen LogP contribution in [-0.2, 0) is 4.74 Å². The lowest BCUT2D eigenvalue weighted by molar-refractivity contribution is 0.0598. The van der Waals surface area contributed by atoms with Crippen molar-refractivity contribution in [2.75, 3.05) is 7.11 Å². The second-order valence-electron chi connectivity index (χ2n) is 4.90. The van der Waals surface area contributed by atoms with Gasteiger partial charge in [-0.2, -0.15) is 0 Å². The molecular weight excluding hydrogens is 417 g/mol. The molecule has 116 valence electrons. The number of ether oxygens (including phenoxy) is 2. The van der Waals surface area contributed by atoms with Crippen molar-refractivity contribution >= 4 is 40.2 Å². The van der Waals surface area contributed by atoms with E-state index in [1.54, 1.807) is 24.4 Å². The first-order valence-corrected chi connectivity index (χ1v) is 8.09. The van der Waals surface area contributed by atoms with Crippen LogP contribution in [0.2, 0.25) is 5.02 Å². The van der Waals surface area contributed by atoms with Crippen LogP contribution in [0, 0.1) is 3.57 Å². The fourth-order valence-electron chi connectivity index (χ4n) is 1.92. The van der Waals surface area contributed by atoms with Crippen LogP contribution >= 0.6 is 34.2 Å². The number of pyridine rings is 1. The van der Waals surface area contributed by atoms with Gasteiger partial charge in [-0.05, 0) is 46.2 Å². The smallest absolute Gasteiger partial charge is 0.343 e. The summed E-state index contributed by atoms with van der Waals surface area (Å²) in [6.07, 6.45) is 3.44. The Kier molecular flexibility index (Phi) is 5.63. The van der Waals surface area contributed by atoms with Gasteiger partial charge in [-0.25, -0.2) is 4.79 Å². The maximum Gasteiger partial charge on any atom is 0.343 e. The van der Waals surface area contributed by atoms with Gasteiger partial charge >= 0.3 is 5.97 Å². The van der Waals surface area contributed by atoms with Crippen molar-refractivity contribution in [1.82, 2.24) is 4.98 Å². The third-order valence-corrected chi connectivity index (χ3v) is 4.55. The summed E-state index contributed by atoms with van der Waals surface area (Å²) in [7, 11) is 1.31. The standard InChI is InChI=1S/C16H15ClINO3/c1-9(2)10-7-19-8-13(15(10)18)22-12-6-4-5-11(17)14(12)16(20)21-3/h4-9H,1-3H3. The lowest BCUT2D eigenvalue weighted by Crippen LogP contribution is -2.05. The van der Waals surface area contributed by atoms with Gasteiger partial charge in [0.15, 0.2) is 5.75 Å². The highest BCUT2D eigenvalue weighted by atomic mass is 127. The molecule has 0 atom stereocenters. The summed E-state index contributed by atoms with van der Waals surface area (Å²) in [4.78, 5) is 16.1. The highest BCUT2D eigenvalue weighted by Crippen LogP contribution is 2.35. The molecule has 0 unspecified atom stereocenters.